The van der Waals surface area contributed by atoms with Gasteiger partial charge in [-0.2, -0.15) is 0 Å². The summed E-state index contributed by atoms with van der Waals surface area (Å²) in [5, 5.41) is 12.4. The molecule has 2 fully saturated rings. The molecule has 2 aliphatic carbocycles. The van der Waals surface area contributed by atoms with Crippen LogP contribution < -0.4 is 5.32 Å². The quantitative estimate of drug-likeness (QED) is 0.804. The first-order valence-corrected chi connectivity index (χ1v) is 7.46. The Kier molecular flexibility index (Phi) is 4.16. The van der Waals surface area contributed by atoms with Crippen LogP contribution in [-0.2, 0) is 9.59 Å². The fourth-order valence-electron chi connectivity index (χ4n) is 3.01. The molecule has 1 unspecified atom stereocenters. The molecule has 2 saturated carbocycles. The van der Waals surface area contributed by atoms with E-state index >= 15 is 0 Å². The van der Waals surface area contributed by atoms with Crippen LogP contribution in [0.3, 0.4) is 0 Å². The summed E-state index contributed by atoms with van der Waals surface area (Å²) in [5.74, 6) is 0.439. The van der Waals surface area contributed by atoms with Gasteiger partial charge in [-0.15, -0.1) is 0 Å². The first kappa shape index (κ1) is 14.4. The normalized spacial score (nSPS) is 32.6. The third-order valence-electron chi connectivity index (χ3n) is 5.03. The molecule has 0 aromatic carbocycles. The van der Waals surface area contributed by atoms with E-state index in [1.165, 1.54) is 0 Å². The SMILES string of the molecule is CC1CCC(CNC(=O)C(C)C2CC2)(C(=O)O)CC1. The van der Waals surface area contributed by atoms with Crippen molar-refractivity contribution in [2.24, 2.45) is 23.2 Å². The molecule has 0 aliphatic heterocycles. The first-order valence-electron chi connectivity index (χ1n) is 7.46. The highest BCUT2D eigenvalue weighted by Gasteiger charge is 2.42. The van der Waals surface area contributed by atoms with E-state index in [0.717, 1.165) is 25.7 Å². The van der Waals surface area contributed by atoms with E-state index in [0.29, 0.717) is 31.2 Å². The Balaban J connectivity index is 1.90. The molecule has 0 spiro atoms. The lowest BCUT2D eigenvalue weighted by Gasteiger charge is -2.36. The molecule has 4 nitrogen and oxygen atoms in total. The molecule has 2 N–H and O–H groups in total. The van der Waals surface area contributed by atoms with Gasteiger partial charge in [-0.3, -0.25) is 9.59 Å². The number of aliphatic carboxylic acids is 1. The van der Waals surface area contributed by atoms with Gasteiger partial charge in [0.25, 0.3) is 0 Å². The number of carboxylic acids is 1. The Morgan fingerprint density at radius 1 is 1.26 bits per heavy atom. The van der Waals surface area contributed by atoms with Gasteiger partial charge in [-0.05, 0) is 50.4 Å². The average molecular weight is 267 g/mol. The Morgan fingerprint density at radius 2 is 1.84 bits per heavy atom. The van der Waals surface area contributed by atoms with Crippen molar-refractivity contribution in [2.75, 3.05) is 6.54 Å². The van der Waals surface area contributed by atoms with Gasteiger partial charge in [0.15, 0.2) is 0 Å². The van der Waals surface area contributed by atoms with Crippen LogP contribution in [0.5, 0.6) is 0 Å². The van der Waals surface area contributed by atoms with Crippen molar-refractivity contribution in [3.63, 3.8) is 0 Å². The van der Waals surface area contributed by atoms with E-state index in [2.05, 4.69) is 12.2 Å². The van der Waals surface area contributed by atoms with Gasteiger partial charge in [0, 0.05) is 12.5 Å². The molecule has 1 atom stereocenters. The van der Waals surface area contributed by atoms with Gasteiger partial charge < -0.3 is 10.4 Å². The third kappa shape index (κ3) is 3.28. The van der Waals surface area contributed by atoms with Crippen LogP contribution >= 0.6 is 0 Å². The zero-order valence-corrected chi connectivity index (χ0v) is 11.9. The van der Waals surface area contributed by atoms with Gasteiger partial charge in [0.2, 0.25) is 5.91 Å². The van der Waals surface area contributed by atoms with Crippen molar-refractivity contribution in [1.82, 2.24) is 5.32 Å². The standard InChI is InChI=1S/C15H25NO3/c1-10-5-7-15(8-6-10,14(18)19)9-16-13(17)11(2)12-3-4-12/h10-12H,3-9H2,1-2H3,(H,16,17)(H,18,19). The van der Waals surface area contributed by atoms with E-state index in [1.54, 1.807) is 0 Å². The highest BCUT2D eigenvalue weighted by atomic mass is 16.4. The highest BCUT2D eigenvalue weighted by Crippen LogP contribution is 2.39. The fraction of sp³-hybridized carbons (Fsp3) is 0.867. The summed E-state index contributed by atoms with van der Waals surface area (Å²) in [4.78, 5) is 23.6. The summed E-state index contributed by atoms with van der Waals surface area (Å²) >= 11 is 0. The topological polar surface area (TPSA) is 66.4 Å². The summed E-state index contributed by atoms with van der Waals surface area (Å²) < 4.78 is 0. The Bertz CT molecular complexity index is 354. The molecule has 0 heterocycles. The van der Waals surface area contributed by atoms with Crippen LogP contribution in [0.4, 0.5) is 0 Å². The lowest BCUT2D eigenvalue weighted by molar-refractivity contribution is -0.151. The largest absolute Gasteiger partial charge is 0.481 e. The highest BCUT2D eigenvalue weighted by molar-refractivity contribution is 5.81. The van der Waals surface area contributed by atoms with E-state index in [1.807, 2.05) is 6.92 Å². The van der Waals surface area contributed by atoms with Crippen molar-refractivity contribution in [1.29, 1.82) is 0 Å². The molecule has 0 saturated heterocycles. The zero-order valence-electron chi connectivity index (χ0n) is 11.9. The molecule has 0 aromatic rings. The van der Waals surface area contributed by atoms with Crippen molar-refractivity contribution in [3.8, 4) is 0 Å². The van der Waals surface area contributed by atoms with E-state index in [4.69, 9.17) is 0 Å². The summed E-state index contributed by atoms with van der Waals surface area (Å²) in [5.41, 5.74) is -0.731. The van der Waals surface area contributed by atoms with E-state index in [-0.39, 0.29) is 11.8 Å². The van der Waals surface area contributed by atoms with Crippen LogP contribution in [0.1, 0.15) is 52.4 Å². The van der Waals surface area contributed by atoms with E-state index in [9.17, 15) is 14.7 Å². The van der Waals surface area contributed by atoms with Crippen LogP contribution in [0.2, 0.25) is 0 Å². The number of hydrogen-bond acceptors (Lipinski definition) is 2. The zero-order chi connectivity index (χ0) is 14.0. The minimum Gasteiger partial charge on any atom is -0.481 e. The lowest BCUT2D eigenvalue weighted by Crippen LogP contribution is -2.46. The summed E-state index contributed by atoms with van der Waals surface area (Å²) in [7, 11) is 0. The Morgan fingerprint density at radius 3 is 2.32 bits per heavy atom. The maximum Gasteiger partial charge on any atom is 0.311 e. The molecule has 19 heavy (non-hydrogen) atoms. The van der Waals surface area contributed by atoms with Crippen molar-refractivity contribution >= 4 is 11.9 Å². The predicted molar refractivity (Wildman–Crippen MR) is 72.6 cm³/mol. The number of amides is 1. The van der Waals surface area contributed by atoms with Crippen molar-refractivity contribution in [3.05, 3.63) is 0 Å². The maximum absolute atomic E-state index is 12.0. The molecule has 0 aromatic heterocycles. The molecular weight excluding hydrogens is 242 g/mol. The molecule has 2 aliphatic rings. The van der Waals surface area contributed by atoms with Crippen molar-refractivity contribution < 1.29 is 14.7 Å². The van der Waals surface area contributed by atoms with Gasteiger partial charge >= 0.3 is 5.97 Å². The van der Waals surface area contributed by atoms with Crippen LogP contribution in [0.25, 0.3) is 0 Å². The van der Waals surface area contributed by atoms with Crippen LogP contribution in [-0.4, -0.2) is 23.5 Å². The van der Waals surface area contributed by atoms with E-state index < -0.39 is 11.4 Å². The Hall–Kier alpha value is -1.06. The molecule has 0 radical (unpaired) electrons. The molecule has 0 bridgehead atoms. The minimum absolute atomic E-state index is 0.0294. The summed E-state index contributed by atoms with van der Waals surface area (Å²) in [6.45, 7) is 4.41. The Labute approximate surface area is 115 Å². The second-order valence-corrected chi connectivity index (χ2v) is 6.61. The lowest BCUT2D eigenvalue weighted by atomic mass is 9.70. The fourth-order valence-corrected chi connectivity index (χ4v) is 3.01. The third-order valence-corrected chi connectivity index (χ3v) is 5.03. The van der Waals surface area contributed by atoms with Gasteiger partial charge in [0.05, 0.1) is 5.41 Å². The number of carbonyl (C=O) groups is 2. The summed E-state index contributed by atoms with van der Waals surface area (Å²) in [6.07, 6.45) is 5.52. The minimum atomic E-state index is -0.751. The molecule has 4 heteroatoms. The second kappa shape index (κ2) is 5.51. The number of rotatable bonds is 5. The van der Waals surface area contributed by atoms with Crippen LogP contribution in [0.15, 0.2) is 0 Å². The second-order valence-electron chi connectivity index (χ2n) is 6.61. The number of carboxylic acid groups (broad SMARTS) is 1. The van der Waals surface area contributed by atoms with Gasteiger partial charge in [0.1, 0.15) is 0 Å². The number of nitrogens with one attached hydrogen (secondary N) is 1. The van der Waals surface area contributed by atoms with Crippen LogP contribution in [0, 0.1) is 23.2 Å². The average Bonchev–Trinajstić information content (AvgIpc) is 3.21. The van der Waals surface area contributed by atoms with Gasteiger partial charge in [-0.1, -0.05) is 13.8 Å². The number of carbonyl (C=O) groups excluding carboxylic acids is 1. The number of hydrogen-bond donors (Lipinski definition) is 2. The predicted octanol–water partition coefficient (Wildman–Crippen LogP) is 2.43. The monoisotopic (exact) mass is 267 g/mol. The molecule has 2 rings (SSSR count). The van der Waals surface area contributed by atoms with Gasteiger partial charge in [-0.25, -0.2) is 0 Å². The molecule has 108 valence electrons. The summed E-state index contributed by atoms with van der Waals surface area (Å²) in [6, 6.07) is 0. The maximum atomic E-state index is 12.0. The molecular formula is C15H25NO3. The molecule has 1 amide bonds. The first-order chi connectivity index (χ1) is 8.94. The van der Waals surface area contributed by atoms with Crippen molar-refractivity contribution in [2.45, 2.75) is 52.4 Å². The smallest absolute Gasteiger partial charge is 0.311 e.